The molecule has 0 radical (unpaired) electrons. The molecule has 2 heterocycles. The van der Waals surface area contributed by atoms with Crippen LogP contribution >= 0.6 is 0 Å². The summed E-state index contributed by atoms with van der Waals surface area (Å²) in [5, 5.41) is 2.96. The van der Waals surface area contributed by atoms with Gasteiger partial charge in [0.25, 0.3) is 5.91 Å². The van der Waals surface area contributed by atoms with Gasteiger partial charge in [-0.25, -0.2) is 4.98 Å². The number of anilines is 1. The van der Waals surface area contributed by atoms with Gasteiger partial charge in [0.2, 0.25) is 0 Å². The monoisotopic (exact) mass is 279 g/mol. The summed E-state index contributed by atoms with van der Waals surface area (Å²) < 4.78 is 1.91. The Labute approximate surface area is 123 Å². The second-order valence-electron chi connectivity index (χ2n) is 5.24. The molecule has 4 nitrogen and oxygen atoms in total. The standard InChI is InChI=1S/C17H17N3O/c1-11-7-8-12(2)14(10-11)19-17(21)16-15-6-4-5-9-20(15)13(3)18-16/h4-10H,1-3H3,(H,19,21). The van der Waals surface area contributed by atoms with Crippen LogP contribution in [0.2, 0.25) is 0 Å². The van der Waals surface area contributed by atoms with Gasteiger partial charge in [-0.05, 0) is 50.1 Å². The average Bonchev–Trinajstić information content (AvgIpc) is 2.81. The number of nitrogens with one attached hydrogen (secondary N) is 1. The Kier molecular flexibility index (Phi) is 3.22. The molecule has 0 aliphatic heterocycles. The molecule has 3 aromatic rings. The number of imidazole rings is 1. The average molecular weight is 279 g/mol. The number of hydrogen-bond donors (Lipinski definition) is 1. The third-order valence-electron chi connectivity index (χ3n) is 3.58. The van der Waals surface area contributed by atoms with Crippen LogP contribution in [0.25, 0.3) is 5.52 Å². The lowest BCUT2D eigenvalue weighted by atomic mass is 10.1. The van der Waals surface area contributed by atoms with Crippen molar-refractivity contribution in [3.8, 4) is 0 Å². The zero-order chi connectivity index (χ0) is 15.0. The maximum atomic E-state index is 12.5. The highest BCUT2D eigenvalue weighted by Crippen LogP contribution is 2.19. The lowest BCUT2D eigenvalue weighted by Crippen LogP contribution is -2.13. The summed E-state index contributed by atoms with van der Waals surface area (Å²) in [6.07, 6.45) is 1.91. The van der Waals surface area contributed by atoms with Gasteiger partial charge in [-0.1, -0.05) is 18.2 Å². The molecular weight excluding hydrogens is 262 g/mol. The topological polar surface area (TPSA) is 46.4 Å². The van der Waals surface area contributed by atoms with E-state index >= 15 is 0 Å². The van der Waals surface area contributed by atoms with Crippen LogP contribution in [0, 0.1) is 20.8 Å². The summed E-state index contributed by atoms with van der Waals surface area (Å²) in [5.74, 6) is 0.622. The largest absolute Gasteiger partial charge is 0.320 e. The number of nitrogens with zero attached hydrogens (tertiary/aromatic N) is 2. The van der Waals surface area contributed by atoms with Gasteiger partial charge in [0, 0.05) is 11.9 Å². The van der Waals surface area contributed by atoms with Gasteiger partial charge in [-0.15, -0.1) is 0 Å². The number of aryl methyl sites for hydroxylation is 3. The maximum absolute atomic E-state index is 12.5. The Morgan fingerprint density at radius 2 is 1.95 bits per heavy atom. The molecule has 2 aromatic heterocycles. The number of hydrogen-bond acceptors (Lipinski definition) is 2. The maximum Gasteiger partial charge on any atom is 0.276 e. The van der Waals surface area contributed by atoms with Gasteiger partial charge < -0.3 is 9.72 Å². The number of fused-ring (bicyclic) bond motifs is 1. The van der Waals surface area contributed by atoms with Gasteiger partial charge in [0.1, 0.15) is 5.82 Å². The van der Waals surface area contributed by atoms with Crippen molar-refractivity contribution in [3.05, 3.63) is 65.2 Å². The van der Waals surface area contributed by atoms with E-state index in [0.717, 1.165) is 28.2 Å². The first kappa shape index (κ1) is 13.4. The molecule has 1 aromatic carbocycles. The van der Waals surface area contributed by atoms with Crippen molar-refractivity contribution in [2.75, 3.05) is 5.32 Å². The Morgan fingerprint density at radius 1 is 1.14 bits per heavy atom. The lowest BCUT2D eigenvalue weighted by Gasteiger charge is -2.08. The van der Waals surface area contributed by atoms with Crippen molar-refractivity contribution in [3.63, 3.8) is 0 Å². The van der Waals surface area contributed by atoms with Gasteiger partial charge in [0.15, 0.2) is 5.69 Å². The Balaban J connectivity index is 2.00. The van der Waals surface area contributed by atoms with Crippen LogP contribution in [-0.4, -0.2) is 15.3 Å². The van der Waals surface area contributed by atoms with E-state index < -0.39 is 0 Å². The van der Waals surface area contributed by atoms with E-state index in [1.807, 2.05) is 67.8 Å². The molecule has 4 heteroatoms. The van der Waals surface area contributed by atoms with Crippen LogP contribution in [0.1, 0.15) is 27.4 Å². The highest BCUT2D eigenvalue weighted by atomic mass is 16.1. The van der Waals surface area contributed by atoms with Crippen LogP contribution in [0.3, 0.4) is 0 Å². The predicted molar refractivity (Wildman–Crippen MR) is 83.8 cm³/mol. The van der Waals surface area contributed by atoms with Crippen molar-refractivity contribution < 1.29 is 4.79 Å². The molecule has 0 unspecified atom stereocenters. The fraction of sp³-hybridized carbons (Fsp3) is 0.176. The molecule has 106 valence electrons. The highest BCUT2D eigenvalue weighted by molar-refractivity contribution is 6.07. The first-order valence-corrected chi connectivity index (χ1v) is 6.88. The van der Waals surface area contributed by atoms with E-state index in [0.29, 0.717) is 5.69 Å². The summed E-state index contributed by atoms with van der Waals surface area (Å²) in [4.78, 5) is 16.9. The molecule has 0 saturated carbocycles. The number of carbonyl (C=O) groups is 1. The second-order valence-corrected chi connectivity index (χ2v) is 5.24. The van der Waals surface area contributed by atoms with Crippen molar-refractivity contribution in [2.24, 2.45) is 0 Å². The molecule has 0 fully saturated rings. The first-order valence-electron chi connectivity index (χ1n) is 6.88. The van der Waals surface area contributed by atoms with Crippen LogP contribution in [-0.2, 0) is 0 Å². The molecule has 0 bridgehead atoms. The SMILES string of the molecule is Cc1ccc(C)c(NC(=O)c2nc(C)n3ccccc23)c1. The van der Waals surface area contributed by atoms with E-state index in [1.165, 1.54) is 0 Å². The summed E-state index contributed by atoms with van der Waals surface area (Å²) in [7, 11) is 0. The van der Waals surface area contributed by atoms with E-state index in [2.05, 4.69) is 10.3 Å². The van der Waals surface area contributed by atoms with Crippen LogP contribution < -0.4 is 5.32 Å². The summed E-state index contributed by atoms with van der Waals surface area (Å²) in [6, 6.07) is 11.7. The minimum Gasteiger partial charge on any atom is -0.320 e. The molecule has 0 aliphatic carbocycles. The van der Waals surface area contributed by atoms with Crippen molar-refractivity contribution in [1.82, 2.24) is 9.38 Å². The molecule has 0 atom stereocenters. The van der Waals surface area contributed by atoms with Crippen molar-refractivity contribution in [1.29, 1.82) is 0 Å². The van der Waals surface area contributed by atoms with Gasteiger partial charge in [-0.3, -0.25) is 4.79 Å². The van der Waals surface area contributed by atoms with Gasteiger partial charge in [0.05, 0.1) is 5.52 Å². The van der Waals surface area contributed by atoms with E-state index in [1.54, 1.807) is 0 Å². The molecule has 0 aliphatic rings. The molecule has 1 N–H and O–H groups in total. The normalized spacial score (nSPS) is 10.8. The number of benzene rings is 1. The fourth-order valence-electron chi connectivity index (χ4n) is 2.41. The van der Waals surface area contributed by atoms with Crippen LogP contribution in [0.5, 0.6) is 0 Å². The zero-order valence-corrected chi connectivity index (χ0v) is 12.3. The third-order valence-corrected chi connectivity index (χ3v) is 3.58. The minimum absolute atomic E-state index is 0.180. The second kappa shape index (κ2) is 5.05. The Hall–Kier alpha value is -2.62. The van der Waals surface area contributed by atoms with Crippen molar-refractivity contribution >= 4 is 17.1 Å². The van der Waals surface area contributed by atoms with Gasteiger partial charge >= 0.3 is 0 Å². The Morgan fingerprint density at radius 3 is 2.76 bits per heavy atom. The molecular formula is C17H17N3O. The number of pyridine rings is 1. The summed E-state index contributed by atoms with van der Waals surface area (Å²) >= 11 is 0. The fourth-order valence-corrected chi connectivity index (χ4v) is 2.41. The molecule has 0 spiro atoms. The van der Waals surface area contributed by atoms with Crippen LogP contribution in [0.4, 0.5) is 5.69 Å². The predicted octanol–water partition coefficient (Wildman–Crippen LogP) is 3.51. The number of aromatic nitrogens is 2. The zero-order valence-electron chi connectivity index (χ0n) is 12.3. The Bertz CT molecular complexity index is 833. The number of amides is 1. The van der Waals surface area contributed by atoms with E-state index in [9.17, 15) is 4.79 Å². The molecule has 21 heavy (non-hydrogen) atoms. The molecule has 3 rings (SSSR count). The highest BCUT2D eigenvalue weighted by Gasteiger charge is 2.16. The number of rotatable bonds is 2. The molecule has 1 amide bonds. The smallest absolute Gasteiger partial charge is 0.276 e. The van der Waals surface area contributed by atoms with Crippen LogP contribution in [0.15, 0.2) is 42.6 Å². The summed E-state index contributed by atoms with van der Waals surface area (Å²) in [6.45, 7) is 5.87. The number of carbonyl (C=O) groups excluding carboxylic acids is 1. The lowest BCUT2D eigenvalue weighted by molar-refractivity contribution is 0.102. The minimum atomic E-state index is -0.180. The van der Waals surface area contributed by atoms with Crippen molar-refractivity contribution in [2.45, 2.75) is 20.8 Å². The third kappa shape index (κ3) is 2.40. The summed E-state index contributed by atoms with van der Waals surface area (Å²) in [5.41, 5.74) is 4.25. The van der Waals surface area contributed by atoms with E-state index in [-0.39, 0.29) is 5.91 Å². The molecule has 0 saturated heterocycles. The first-order chi connectivity index (χ1) is 10.1. The van der Waals surface area contributed by atoms with E-state index in [4.69, 9.17) is 0 Å². The quantitative estimate of drug-likeness (QED) is 0.780. The van der Waals surface area contributed by atoms with Gasteiger partial charge in [-0.2, -0.15) is 0 Å².